The van der Waals surface area contributed by atoms with Crippen LogP contribution >= 0.6 is 0 Å². The number of ketones is 1. The van der Waals surface area contributed by atoms with Gasteiger partial charge in [-0.05, 0) is 75.9 Å². The molecule has 0 fully saturated rings. The van der Waals surface area contributed by atoms with Crippen molar-refractivity contribution in [3.8, 4) is 17.2 Å². The second-order valence-electron chi connectivity index (χ2n) is 14.6. The predicted molar refractivity (Wildman–Crippen MR) is 214 cm³/mol. The van der Waals surface area contributed by atoms with Crippen LogP contribution in [0.5, 0.6) is 17.2 Å². The molecule has 308 valence electrons. The maximum atomic E-state index is 14.5. The molecule has 0 spiro atoms. The minimum atomic E-state index is -1.10. The zero-order chi connectivity index (χ0) is 42.3. The highest BCUT2D eigenvalue weighted by molar-refractivity contribution is 6.40. The van der Waals surface area contributed by atoms with Gasteiger partial charge in [-0.1, -0.05) is 19.1 Å². The third-order valence-electron chi connectivity index (χ3n) is 10.4. The van der Waals surface area contributed by atoms with Crippen LogP contribution in [0, 0.1) is 15.9 Å². The summed E-state index contributed by atoms with van der Waals surface area (Å²) in [5.74, 6) is -0.572. The van der Waals surface area contributed by atoms with Crippen molar-refractivity contribution >= 4 is 40.3 Å². The molecule has 2 unspecified atom stereocenters. The first kappa shape index (κ1) is 43.0. The molecule has 58 heavy (non-hydrogen) atoms. The minimum Gasteiger partial charge on any atom is -0.506 e. The molecule has 15 heteroatoms. The van der Waals surface area contributed by atoms with E-state index in [2.05, 4.69) is 10.6 Å². The number of Topliss-reactive ketones (excluding diaryl/α,β-unsaturated/α-hetero) is 1. The number of aliphatic hydroxyl groups excluding tert-OH is 2. The average Bonchev–Trinajstić information content (AvgIpc) is 3.40. The van der Waals surface area contributed by atoms with Crippen molar-refractivity contribution in [1.29, 1.82) is 0 Å². The summed E-state index contributed by atoms with van der Waals surface area (Å²) in [6, 6.07) is 13.2. The van der Waals surface area contributed by atoms with Crippen LogP contribution in [-0.4, -0.2) is 83.0 Å². The molecule has 1 aliphatic carbocycles. The number of nitrogens with zero attached hydrogens (tertiary/aromatic N) is 2. The fourth-order valence-electron chi connectivity index (χ4n) is 7.21. The maximum absolute atomic E-state index is 14.5. The number of aliphatic hydroxyl groups is 2. The number of ether oxygens (including phenoxy) is 3. The summed E-state index contributed by atoms with van der Waals surface area (Å²) >= 11 is 0. The third-order valence-corrected chi connectivity index (χ3v) is 10.4. The molecule has 3 aromatic carbocycles. The second-order valence-corrected chi connectivity index (χ2v) is 14.6. The lowest BCUT2D eigenvalue weighted by molar-refractivity contribution is -0.438. The molecule has 5 rings (SSSR count). The van der Waals surface area contributed by atoms with E-state index in [1.807, 2.05) is 18.4 Å². The maximum Gasteiger partial charge on any atom is 0.279 e. The Labute approximate surface area is 336 Å². The molecule has 4 N–H and O–H groups in total. The van der Waals surface area contributed by atoms with Crippen LogP contribution in [0.2, 0.25) is 0 Å². The molecule has 0 bridgehead atoms. The Morgan fingerprint density at radius 1 is 1.03 bits per heavy atom. The molecule has 2 aliphatic rings. The highest BCUT2D eigenvalue weighted by Crippen LogP contribution is 2.43. The van der Waals surface area contributed by atoms with Crippen molar-refractivity contribution in [2.24, 2.45) is 0 Å². The number of methoxy groups -OCH3 is 2. The van der Waals surface area contributed by atoms with E-state index in [1.165, 1.54) is 38.3 Å². The minimum absolute atomic E-state index is 0.0412. The Morgan fingerprint density at radius 3 is 2.38 bits per heavy atom. The second kappa shape index (κ2) is 18.4. The molecular formula is C43H50FN4O10+. The molecular weight excluding hydrogens is 751 g/mol. The molecule has 0 radical (unpaired) electrons. The first-order valence-corrected chi connectivity index (χ1v) is 19.2. The van der Waals surface area contributed by atoms with Gasteiger partial charge in [0.05, 0.1) is 60.0 Å². The van der Waals surface area contributed by atoms with Crippen LogP contribution in [0.25, 0.3) is 5.57 Å². The van der Waals surface area contributed by atoms with Gasteiger partial charge in [-0.25, -0.2) is 4.39 Å². The first-order valence-electron chi connectivity index (χ1n) is 19.2. The summed E-state index contributed by atoms with van der Waals surface area (Å²) in [4.78, 5) is 50.0. The van der Waals surface area contributed by atoms with Gasteiger partial charge in [-0.15, -0.1) is 0 Å². The van der Waals surface area contributed by atoms with Gasteiger partial charge in [0.1, 0.15) is 36.5 Å². The van der Waals surface area contributed by atoms with Crippen LogP contribution in [0.4, 0.5) is 15.8 Å². The summed E-state index contributed by atoms with van der Waals surface area (Å²) in [6.07, 6.45) is 2.97. The molecule has 0 saturated carbocycles. The van der Waals surface area contributed by atoms with Crippen LogP contribution in [-0.2, 0) is 19.8 Å². The number of hydrogen-bond acceptors (Lipinski definition) is 10. The number of amides is 2. The summed E-state index contributed by atoms with van der Waals surface area (Å²) < 4.78 is 32.6. The number of nitrogens with one attached hydrogen (secondary N) is 2. The van der Waals surface area contributed by atoms with Gasteiger partial charge in [-0.2, -0.15) is 4.58 Å². The lowest BCUT2D eigenvalue weighted by Crippen LogP contribution is -2.47. The highest BCUT2D eigenvalue weighted by atomic mass is 19.1. The van der Waals surface area contributed by atoms with Crippen molar-refractivity contribution < 1.29 is 52.7 Å². The Kier molecular flexibility index (Phi) is 13.7. The van der Waals surface area contributed by atoms with Gasteiger partial charge in [-0.3, -0.25) is 24.5 Å². The molecule has 0 saturated heterocycles. The van der Waals surface area contributed by atoms with Gasteiger partial charge in [0.2, 0.25) is 23.3 Å². The Morgan fingerprint density at radius 2 is 1.76 bits per heavy atom. The number of fused-ring (bicyclic) bond motifs is 1. The standard InChI is InChI=1S/C43H49FN4O10/c1-7-32(42(53)45-18-20-58-36-24-34(48(54)55)29(25(2)49)22-35(36)57-6)46-38(50)11-9-8-10-19-47-33-17-14-27(44)21-31(33)43(3,4)37(47)23-30-40(51)39(41(30)52)26-12-15-28(56-5)16-13-26/h12-17,21-25,32,49H,7-11,18-20H2,1-6H3,(H2-,45,46,50,51,52,53)/p+1. The zero-order valence-corrected chi connectivity index (χ0v) is 33.5. The van der Waals surface area contributed by atoms with Crippen LogP contribution in [0.3, 0.4) is 0 Å². The monoisotopic (exact) mass is 801 g/mol. The van der Waals surface area contributed by atoms with E-state index >= 15 is 0 Å². The average molecular weight is 802 g/mol. The number of carbonyl (C=O) groups excluding carboxylic acids is 3. The SMILES string of the molecule is CCC(NC(=O)CCCCC[N+]1=C(C=C2C(=O)C(c3ccc(OC)cc3)=C2O)C(C)(C)c2cc(F)ccc21)C(=O)NCCOc1cc([N+](=O)[O-])c(C(C)O)cc1OC. The van der Waals surface area contributed by atoms with E-state index < -0.39 is 28.4 Å². The van der Waals surface area contributed by atoms with Crippen LogP contribution in [0.1, 0.15) is 82.6 Å². The molecule has 0 aromatic heterocycles. The number of unbranched alkanes of at least 4 members (excludes halogenated alkanes) is 2. The quantitative estimate of drug-likeness (QED) is 0.0352. The fourth-order valence-corrected chi connectivity index (χ4v) is 7.21. The van der Waals surface area contributed by atoms with Gasteiger partial charge >= 0.3 is 0 Å². The van der Waals surface area contributed by atoms with Gasteiger partial charge in [0.25, 0.3) is 5.69 Å². The van der Waals surface area contributed by atoms with Crippen molar-refractivity contribution in [2.45, 2.75) is 77.4 Å². The third kappa shape index (κ3) is 9.20. The van der Waals surface area contributed by atoms with Crippen LogP contribution in [0.15, 0.2) is 72.0 Å². The lowest BCUT2D eigenvalue weighted by Gasteiger charge is -2.23. The Balaban J connectivity index is 1.15. The topological polar surface area (TPSA) is 190 Å². The van der Waals surface area contributed by atoms with Crippen molar-refractivity contribution in [3.05, 3.63) is 105 Å². The number of nitro groups is 1. The summed E-state index contributed by atoms with van der Waals surface area (Å²) in [5, 5.41) is 38.0. The van der Waals surface area contributed by atoms with Crippen molar-refractivity contribution in [1.82, 2.24) is 10.6 Å². The van der Waals surface area contributed by atoms with Gasteiger partial charge in [0.15, 0.2) is 17.2 Å². The Bertz CT molecular complexity index is 2180. The first-order chi connectivity index (χ1) is 27.6. The summed E-state index contributed by atoms with van der Waals surface area (Å²) in [7, 11) is 2.91. The van der Waals surface area contributed by atoms with E-state index in [4.69, 9.17) is 14.2 Å². The molecule has 14 nitrogen and oxygen atoms in total. The molecule has 1 aliphatic heterocycles. The lowest BCUT2D eigenvalue weighted by atomic mass is 9.77. The Hall–Kier alpha value is -6.09. The number of benzene rings is 3. The van der Waals surface area contributed by atoms with E-state index in [0.717, 1.165) is 17.0 Å². The van der Waals surface area contributed by atoms with E-state index in [1.54, 1.807) is 50.4 Å². The van der Waals surface area contributed by atoms with Crippen molar-refractivity contribution in [3.63, 3.8) is 0 Å². The predicted octanol–water partition coefficient (Wildman–Crippen LogP) is 6.31. The van der Waals surface area contributed by atoms with Crippen LogP contribution < -0.4 is 24.8 Å². The highest BCUT2D eigenvalue weighted by Gasteiger charge is 2.47. The smallest absolute Gasteiger partial charge is 0.279 e. The van der Waals surface area contributed by atoms with Gasteiger partial charge < -0.3 is 35.1 Å². The summed E-state index contributed by atoms with van der Waals surface area (Å²) in [5.41, 5.74) is 2.36. The largest absolute Gasteiger partial charge is 0.506 e. The number of rotatable bonds is 19. The molecule has 1 heterocycles. The van der Waals surface area contributed by atoms with Gasteiger partial charge in [0, 0.05) is 30.5 Å². The zero-order valence-electron chi connectivity index (χ0n) is 33.5. The number of halogens is 1. The fraction of sp³-hybridized carbons (Fsp3) is 0.395. The van der Waals surface area contributed by atoms with E-state index in [9.17, 15) is 39.1 Å². The van der Waals surface area contributed by atoms with Crippen molar-refractivity contribution in [2.75, 3.05) is 33.9 Å². The molecule has 2 amide bonds. The number of allylic oxidation sites excluding steroid dienone is 3. The molecule has 2 atom stereocenters. The molecule has 3 aromatic rings. The summed E-state index contributed by atoms with van der Waals surface area (Å²) in [6.45, 7) is 7.60. The number of hydrogen-bond donors (Lipinski definition) is 4. The van der Waals surface area contributed by atoms with E-state index in [0.29, 0.717) is 43.5 Å². The number of carbonyl (C=O) groups is 3. The normalized spacial score (nSPS) is 16.1. The number of nitro benzene ring substituents is 1. The van der Waals surface area contributed by atoms with E-state index in [-0.39, 0.29) is 76.7 Å².